The number of nitrogens with one attached hydrogen (secondary N) is 1. The average molecular weight is 364 g/mol. The van der Waals surface area contributed by atoms with E-state index in [1.807, 2.05) is 30.3 Å². The normalized spacial score (nSPS) is 11.4. The molecule has 0 atom stereocenters. The number of sulfonamides is 1. The molecule has 0 saturated carbocycles. The van der Waals surface area contributed by atoms with E-state index in [1.165, 1.54) is 12.1 Å². The van der Waals surface area contributed by atoms with Gasteiger partial charge in [-0.2, -0.15) is 4.31 Å². The van der Waals surface area contributed by atoms with Gasteiger partial charge in [0.05, 0.1) is 6.54 Å². The van der Waals surface area contributed by atoms with E-state index in [0.717, 1.165) is 21.2 Å². The van der Waals surface area contributed by atoms with Crippen LogP contribution in [-0.4, -0.2) is 38.3 Å². The van der Waals surface area contributed by atoms with Crippen LogP contribution >= 0.6 is 11.3 Å². The quantitative estimate of drug-likeness (QED) is 0.694. The second-order valence-corrected chi connectivity index (χ2v) is 8.22. The molecular formula is C17H20N2O3S2. The number of nitrogens with zero attached hydrogens (tertiary/aromatic N) is 1. The van der Waals surface area contributed by atoms with Crippen LogP contribution in [0.2, 0.25) is 0 Å². The molecule has 0 bridgehead atoms. The summed E-state index contributed by atoms with van der Waals surface area (Å²) in [5, 5.41) is 4.45. The van der Waals surface area contributed by atoms with Gasteiger partial charge >= 0.3 is 0 Å². The zero-order valence-corrected chi connectivity index (χ0v) is 14.9. The number of benzene rings is 1. The van der Waals surface area contributed by atoms with Crippen LogP contribution < -0.4 is 5.32 Å². The fourth-order valence-corrected chi connectivity index (χ4v) is 4.65. The first kappa shape index (κ1) is 18.4. The van der Waals surface area contributed by atoms with Crippen LogP contribution in [0, 0.1) is 0 Å². The highest BCUT2D eigenvalue weighted by Gasteiger charge is 2.26. The molecule has 1 aromatic heterocycles. The van der Waals surface area contributed by atoms with E-state index in [1.54, 1.807) is 11.4 Å². The molecule has 2 rings (SSSR count). The van der Waals surface area contributed by atoms with Crippen molar-refractivity contribution in [3.8, 4) is 0 Å². The third kappa shape index (κ3) is 5.02. The maximum absolute atomic E-state index is 12.5. The van der Waals surface area contributed by atoms with E-state index in [-0.39, 0.29) is 23.2 Å². The molecule has 1 aromatic carbocycles. The van der Waals surface area contributed by atoms with E-state index in [9.17, 15) is 13.2 Å². The molecule has 0 saturated heterocycles. The molecule has 0 aliphatic heterocycles. The van der Waals surface area contributed by atoms with Gasteiger partial charge in [-0.25, -0.2) is 8.42 Å². The second kappa shape index (κ2) is 8.77. The van der Waals surface area contributed by atoms with Gasteiger partial charge < -0.3 is 5.32 Å². The molecule has 0 aliphatic carbocycles. The summed E-state index contributed by atoms with van der Waals surface area (Å²) in [6.45, 7) is 3.90. The first-order valence-electron chi connectivity index (χ1n) is 7.49. The van der Waals surface area contributed by atoms with Gasteiger partial charge in [0.1, 0.15) is 4.21 Å². The third-order valence-corrected chi connectivity index (χ3v) is 6.51. The molecule has 1 heterocycles. The summed E-state index contributed by atoms with van der Waals surface area (Å²) in [6, 6.07) is 13.0. The Kier molecular flexibility index (Phi) is 6.72. The predicted octanol–water partition coefficient (Wildman–Crippen LogP) is 2.28. The van der Waals surface area contributed by atoms with Gasteiger partial charge in [-0.1, -0.05) is 42.5 Å². The number of hydrogen-bond donors (Lipinski definition) is 1. The predicted molar refractivity (Wildman–Crippen MR) is 96.4 cm³/mol. The van der Waals surface area contributed by atoms with E-state index in [0.29, 0.717) is 13.0 Å². The van der Waals surface area contributed by atoms with Crippen molar-refractivity contribution >= 4 is 27.3 Å². The van der Waals surface area contributed by atoms with Gasteiger partial charge in [-0.3, -0.25) is 4.79 Å². The van der Waals surface area contributed by atoms with Crippen LogP contribution in [0.3, 0.4) is 0 Å². The van der Waals surface area contributed by atoms with E-state index in [2.05, 4.69) is 11.9 Å². The fraction of sp³-hybridized carbons (Fsp3) is 0.235. The molecule has 7 heteroatoms. The average Bonchev–Trinajstić information content (AvgIpc) is 3.11. The van der Waals surface area contributed by atoms with Crippen LogP contribution in [0.4, 0.5) is 0 Å². The van der Waals surface area contributed by atoms with Crippen molar-refractivity contribution in [2.24, 2.45) is 0 Å². The summed E-state index contributed by atoms with van der Waals surface area (Å²) in [6.07, 6.45) is 2.17. The molecule has 1 N–H and O–H groups in total. The lowest BCUT2D eigenvalue weighted by Gasteiger charge is -2.19. The van der Waals surface area contributed by atoms with Gasteiger partial charge in [-0.05, 0) is 23.4 Å². The lowest BCUT2D eigenvalue weighted by Crippen LogP contribution is -2.41. The number of carbonyl (C=O) groups excluding carboxylic acids is 1. The second-order valence-electron chi connectivity index (χ2n) is 5.10. The van der Waals surface area contributed by atoms with Gasteiger partial charge in [-0.15, -0.1) is 17.9 Å². The van der Waals surface area contributed by atoms with Crippen molar-refractivity contribution in [1.29, 1.82) is 0 Å². The first-order valence-corrected chi connectivity index (χ1v) is 9.81. The molecule has 0 spiro atoms. The highest BCUT2D eigenvalue weighted by Crippen LogP contribution is 2.20. The largest absolute Gasteiger partial charge is 0.355 e. The molecule has 5 nitrogen and oxygen atoms in total. The summed E-state index contributed by atoms with van der Waals surface area (Å²) < 4.78 is 26.4. The minimum Gasteiger partial charge on any atom is -0.355 e. The highest BCUT2D eigenvalue weighted by atomic mass is 32.2. The number of hydrogen-bond acceptors (Lipinski definition) is 4. The Labute approximate surface area is 146 Å². The number of thiophene rings is 1. The fourth-order valence-electron chi connectivity index (χ4n) is 2.14. The van der Waals surface area contributed by atoms with Crippen LogP contribution in [0.5, 0.6) is 0 Å². The molecule has 1 amide bonds. The molecular weight excluding hydrogens is 344 g/mol. The van der Waals surface area contributed by atoms with Crippen LogP contribution in [-0.2, 0) is 21.2 Å². The van der Waals surface area contributed by atoms with Gasteiger partial charge in [0, 0.05) is 13.1 Å². The smallest absolute Gasteiger partial charge is 0.253 e. The lowest BCUT2D eigenvalue weighted by molar-refractivity contribution is -0.121. The van der Waals surface area contributed by atoms with Gasteiger partial charge in [0.25, 0.3) is 10.0 Å². The number of amides is 1. The zero-order valence-electron chi connectivity index (χ0n) is 13.2. The SMILES string of the molecule is C=CCN(CC(=O)NCCc1ccccc1)S(=O)(=O)c1cccs1. The lowest BCUT2D eigenvalue weighted by atomic mass is 10.1. The van der Waals surface area contributed by atoms with Crippen LogP contribution in [0.15, 0.2) is 64.7 Å². The Morgan fingerprint density at radius 2 is 1.96 bits per heavy atom. The maximum Gasteiger partial charge on any atom is 0.253 e. The molecule has 128 valence electrons. The van der Waals surface area contributed by atoms with Crippen molar-refractivity contribution < 1.29 is 13.2 Å². The molecule has 0 fully saturated rings. The monoisotopic (exact) mass is 364 g/mol. The van der Waals surface area contributed by atoms with Crippen molar-refractivity contribution in [2.45, 2.75) is 10.6 Å². The Bertz CT molecular complexity index is 756. The maximum atomic E-state index is 12.5. The highest BCUT2D eigenvalue weighted by molar-refractivity contribution is 7.91. The molecule has 2 aromatic rings. The minimum atomic E-state index is -3.67. The molecule has 0 radical (unpaired) electrons. The van der Waals surface area contributed by atoms with Gasteiger partial charge in [0.2, 0.25) is 5.91 Å². The Morgan fingerprint density at radius 3 is 2.58 bits per heavy atom. The van der Waals surface area contributed by atoms with Crippen LogP contribution in [0.1, 0.15) is 5.56 Å². The van der Waals surface area contributed by atoms with E-state index in [4.69, 9.17) is 0 Å². The zero-order chi connectivity index (χ0) is 17.4. The standard InChI is InChI=1S/C17H20N2O3S2/c1-2-12-19(24(21,22)17-9-6-13-23-17)14-16(20)18-11-10-15-7-4-3-5-8-15/h2-9,13H,1,10-12,14H2,(H,18,20). The van der Waals surface area contributed by atoms with Gasteiger partial charge in [0.15, 0.2) is 0 Å². The van der Waals surface area contributed by atoms with Crippen molar-refractivity contribution in [3.63, 3.8) is 0 Å². The molecule has 0 aliphatic rings. The molecule has 0 unspecified atom stereocenters. The van der Waals surface area contributed by atoms with Crippen molar-refractivity contribution in [1.82, 2.24) is 9.62 Å². The summed E-state index contributed by atoms with van der Waals surface area (Å²) >= 11 is 1.13. The van der Waals surface area contributed by atoms with E-state index >= 15 is 0 Å². The summed E-state index contributed by atoms with van der Waals surface area (Å²) in [5.41, 5.74) is 1.12. The third-order valence-electron chi connectivity index (χ3n) is 3.32. The Morgan fingerprint density at radius 1 is 1.21 bits per heavy atom. The number of rotatable bonds is 9. The topological polar surface area (TPSA) is 66.5 Å². The summed E-state index contributed by atoms with van der Waals surface area (Å²) in [7, 11) is -3.67. The van der Waals surface area contributed by atoms with Crippen LogP contribution in [0.25, 0.3) is 0 Å². The first-order chi connectivity index (χ1) is 11.5. The molecule has 24 heavy (non-hydrogen) atoms. The Hall–Kier alpha value is -1.96. The number of carbonyl (C=O) groups is 1. The van der Waals surface area contributed by atoms with E-state index < -0.39 is 10.0 Å². The van der Waals surface area contributed by atoms with Crippen molar-refractivity contribution in [3.05, 3.63) is 66.1 Å². The summed E-state index contributed by atoms with van der Waals surface area (Å²) in [4.78, 5) is 12.1. The van der Waals surface area contributed by atoms with Crippen molar-refractivity contribution in [2.75, 3.05) is 19.6 Å². The summed E-state index contributed by atoms with van der Waals surface area (Å²) in [5.74, 6) is -0.326. The Balaban J connectivity index is 1.92. The minimum absolute atomic E-state index is 0.0896.